The summed E-state index contributed by atoms with van der Waals surface area (Å²) in [6.07, 6.45) is 7.82. The lowest BCUT2D eigenvalue weighted by Gasteiger charge is -2.20. The standard InChI is InChI=1S/C15H17N3O2/c19-14-7-11(15-2-1-5-20-15)6-13(8-14)17-4-3-12-9-16-10-18-12/h1-2,5,9-11H,3-4,6-8H2,(H,16,18)/t11-/m1/s1. The number of aliphatic imine (C=N–C) groups is 1. The van der Waals surface area contributed by atoms with E-state index >= 15 is 0 Å². The monoisotopic (exact) mass is 271 g/mol. The van der Waals surface area contributed by atoms with Gasteiger partial charge in [-0.3, -0.25) is 9.79 Å². The molecule has 0 bridgehead atoms. The number of rotatable bonds is 4. The molecule has 2 aromatic heterocycles. The second kappa shape index (κ2) is 5.86. The average Bonchev–Trinajstić information content (AvgIpc) is 3.11. The molecule has 5 heteroatoms. The molecule has 1 atom stereocenters. The molecule has 0 radical (unpaired) electrons. The van der Waals surface area contributed by atoms with Gasteiger partial charge in [0.1, 0.15) is 11.5 Å². The highest BCUT2D eigenvalue weighted by molar-refractivity contribution is 6.04. The quantitative estimate of drug-likeness (QED) is 0.928. The smallest absolute Gasteiger partial charge is 0.139 e. The van der Waals surface area contributed by atoms with Crippen LogP contribution in [0.15, 0.2) is 40.3 Å². The van der Waals surface area contributed by atoms with Crippen molar-refractivity contribution < 1.29 is 9.21 Å². The molecule has 1 aliphatic carbocycles. The first kappa shape index (κ1) is 12.8. The molecule has 0 amide bonds. The van der Waals surface area contributed by atoms with E-state index in [9.17, 15) is 4.79 Å². The number of imidazole rings is 1. The molecular weight excluding hydrogens is 254 g/mol. The lowest BCUT2D eigenvalue weighted by atomic mass is 9.85. The zero-order valence-corrected chi connectivity index (χ0v) is 11.2. The maximum atomic E-state index is 11.8. The highest BCUT2D eigenvalue weighted by Gasteiger charge is 2.26. The minimum Gasteiger partial charge on any atom is -0.469 e. The molecule has 20 heavy (non-hydrogen) atoms. The van der Waals surface area contributed by atoms with Crippen molar-refractivity contribution in [3.8, 4) is 0 Å². The molecule has 0 aromatic carbocycles. The highest BCUT2D eigenvalue weighted by atomic mass is 16.3. The van der Waals surface area contributed by atoms with Gasteiger partial charge in [0.25, 0.3) is 0 Å². The number of H-pyrrole nitrogens is 1. The Morgan fingerprint density at radius 1 is 1.45 bits per heavy atom. The van der Waals surface area contributed by atoms with E-state index < -0.39 is 0 Å². The third-order valence-electron chi connectivity index (χ3n) is 3.57. The first-order valence-electron chi connectivity index (χ1n) is 6.86. The zero-order valence-electron chi connectivity index (χ0n) is 11.2. The van der Waals surface area contributed by atoms with Crippen molar-refractivity contribution in [2.45, 2.75) is 31.6 Å². The Balaban J connectivity index is 1.62. The fourth-order valence-electron chi connectivity index (χ4n) is 2.60. The number of furan rings is 1. The van der Waals surface area contributed by atoms with Crippen molar-refractivity contribution in [3.63, 3.8) is 0 Å². The summed E-state index contributed by atoms with van der Waals surface area (Å²) < 4.78 is 5.41. The van der Waals surface area contributed by atoms with Gasteiger partial charge in [0.15, 0.2) is 0 Å². The van der Waals surface area contributed by atoms with Gasteiger partial charge < -0.3 is 9.40 Å². The molecule has 3 rings (SSSR count). The lowest BCUT2D eigenvalue weighted by Crippen LogP contribution is -2.21. The Labute approximate surface area is 117 Å². The number of aromatic amines is 1. The Morgan fingerprint density at radius 2 is 2.40 bits per heavy atom. The second-order valence-corrected chi connectivity index (χ2v) is 5.11. The lowest BCUT2D eigenvalue weighted by molar-refractivity contribution is -0.118. The van der Waals surface area contributed by atoms with Crippen LogP contribution in [0.2, 0.25) is 0 Å². The molecule has 2 aromatic rings. The van der Waals surface area contributed by atoms with Crippen LogP contribution in [0.4, 0.5) is 0 Å². The molecule has 2 heterocycles. The maximum Gasteiger partial charge on any atom is 0.139 e. The normalized spacial score (nSPS) is 21.5. The summed E-state index contributed by atoms with van der Waals surface area (Å²) >= 11 is 0. The van der Waals surface area contributed by atoms with Crippen molar-refractivity contribution >= 4 is 11.5 Å². The van der Waals surface area contributed by atoms with E-state index in [-0.39, 0.29) is 11.7 Å². The predicted molar refractivity (Wildman–Crippen MR) is 74.9 cm³/mol. The number of hydrogen-bond acceptors (Lipinski definition) is 4. The van der Waals surface area contributed by atoms with Crippen molar-refractivity contribution in [1.82, 2.24) is 9.97 Å². The van der Waals surface area contributed by atoms with Crippen molar-refractivity contribution in [2.75, 3.05) is 6.54 Å². The first-order chi connectivity index (χ1) is 9.81. The van der Waals surface area contributed by atoms with Gasteiger partial charge in [-0.1, -0.05) is 0 Å². The van der Waals surface area contributed by atoms with E-state index in [4.69, 9.17) is 4.42 Å². The van der Waals surface area contributed by atoms with Crippen LogP contribution in [-0.4, -0.2) is 28.0 Å². The van der Waals surface area contributed by atoms with Crippen LogP contribution in [0, 0.1) is 0 Å². The topological polar surface area (TPSA) is 71.2 Å². The fraction of sp³-hybridized carbons (Fsp3) is 0.400. The van der Waals surface area contributed by atoms with E-state index in [1.165, 1.54) is 0 Å². The third kappa shape index (κ3) is 3.04. The van der Waals surface area contributed by atoms with E-state index in [0.29, 0.717) is 19.4 Å². The van der Waals surface area contributed by atoms with Crippen LogP contribution >= 0.6 is 0 Å². The molecular formula is C15H17N3O2. The number of hydrogen-bond donors (Lipinski definition) is 1. The van der Waals surface area contributed by atoms with Gasteiger partial charge in [-0.15, -0.1) is 0 Å². The summed E-state index contributed by atoms with van der Waals surface area (Å²) in [5.41, 5.74) is 2.06. The second-order valence-electron chi connectivity index (χ2n) is 5.11. The Morgan fingerprint density at radius 3 is 3.15 bits per heavy atom. The number of nitrogens with one attached hydrogen (secondary N) is 1. The number of Topliss-reactive ketones (excluding diaryl/α,β-unsaturated/α-hetero) is 1. The Kier molecular flexibility index (Phi) is 3.76. The van der Waals surface area contributed by atoms with Crippen LogP contribution in [0.3, 0.4) is 0 Å². The fourth-order valence-corrected chi connectivity index (χ4v) is 2.60. The number of carbonyl (C=O) groups is 1. The average molecular weight is 271 g/mol. The van der Waals surface area contributed by atoms with Crippen molar-refractivity contribution in [2.24, 2.45) is 4.99 Å². The molecule has 104 valence electrons. The number of carbonyl (C=O) groups excluding carboxylic acids is 1. The van der Waals surface area contributed by atoms with Gasteiger partial charge in [-0.05, 0) is 18.6 Å². The molecule has 5 nitrogen and oxygen atoms in total. The minimum atomic E-state index is 0.150. The molecule has 1 fully saturated rings. The largest absolute Gasteiger partial charge is 0.469 e. The van der Waals surface area contributed by atoms with Crippen molar-refractivity contribution in [1.29, 1.82) is 0 Å². The molecule has 0 unspecified atom stereocenters. The van der Waals surface area contributed by atoms with Crippen LogP contribution in [0.25, 0.3) is 0 Å². The van der Waals surface area contributed by atoms with Crippen LogP contribution in [0.5, 0.6) is 0 Å². The number of aromatic nitrogens is 2. The van der Waals surface area contributed by atoms with E-state index in [1.54, 1.807) is 18.8 Å². The molecule has 1 N–H and O–H groups in total. The van der Waals surface area contributed by atoms with Crippen LogP contribution in [-0.2, 0) is 11.2 Å². The Bertz CT molecular complexity index is 585. The molecule has 1 saturated carbocycles. The highest BCUT2D eigenvalue weighted by Crippen LogP contribution is 2.30. The summed E-state index contributed by atoms with van der Waals surface area (Å²) in [5.74, 6) is 1.29. The van der Waals surface area contributed by atoms with E-state index in [0.717, 1.165) is 30.0 Å². The van der Waals surface area contributed by atoms with Gasteiger partial charge in [-0.2, -0.15) is 0 Å². The minimum absolute atomic E-state index is 0.150. The summed E-state index contributed by atoms with van der Waals surface area (Å²) in [6.45, 7) is 0.690. The number of nitrogens with zero attached hydrogens (tertiary/aromatic N) is 2. The van der Waals surface area contributed by atoms with Crippen LogP contribution < -0.4 is 0 Å². The van der Waals surface area contributed by atoms with Crippen molar-refractivity contribution in [3.05, 3.63) is 42.4 Å². The molecule has 0 aliphatic heterocycles. The third-order valence-corrected chi connectivity index (χ3v) is 3.57. The van der Waals surface area contributed by atoms with Gasteiger partial charge >= 0.3 is 0 Å². The van der Waals surface area contributed by atoms with Gasteiger partial charge in [0.2, 0.25) is 0 Å². The zero-order chi connectivity index (χ0) is 13.8. The summed E-state index contributed by atoms with van der Waals surface area (Å²) in [6, 6.07) is 3.80. The van der Waals surface area contributed by atoms with E-state index in [1.807, 2.05) is 12.1 Å². The number of ketones is 1. The predicted octanol–water partition coefficient (Wildman–Crippen LogP) is 2.52. The summed E-state index contributed by atoms with van der Waals surface area (Å²) in [7, 11) is 0. The van der Waals surface area contributed by atoms with Gasteiger partial charge in [-0.25, -0.2) is 4.98 Å². The van der Waals surface area contributed by atoms with Gasteiger partial charge in [0.05, 0.1) is 12.6 Å². The molecule has 1 aliphatic rings. The summed E-state index contributed by atoms with van der Waals surface area (Å²) in [5, 5.41) is 0. The van der Waals surface area contributed by atoms with E-state index in [2.05, 4.69) is 15.0 Å². The van der Waals surface area contributed by atoms with Crippen LogP contribution in [0.1, 0.15) is 36.6 Å². The maximum absolute atomic E-state index is 11.8. The molecule has 0 saturated heterocycles. The SMILES string of the molecule is O=C1CC(=NCCc2cnc[nH]2)C[C@@H](c2ccco2)C1. The summed E-state index contributed by atoms with van der Waals surface area (Å²) in [4.78, 5) is 23.4. The first-order valence-corrected chi connectivity index (χ1v) is 6.86. The van der Waals surface area contributed by atoms with Gasteiger partial charge in [0, 0.05) is 49.3 Å². The molecule has 0 spiro atoms. The Hall–Kier alpha value is -2.17.